The van der Waals surface area contributed by atoms with Gasteiger partial charge in [0.1, 0.15) is 37.6 Å². The topological polar surface area (TPSA) is 214 Å². The van der Waals surface area contributed by atoms with E-state index >= 15 is 0 Å². The highest BCUT2D eigenvalue weighted by molar-refractivity contribution is 5.91. The summed E-state index contributed by atoms with van der Waals surface area (Å²) in [7, 11) is 0. The summed E-state index contributed by atoms with van der Waals surface area (Å²) in [6.45, 7) is -2.43. The van der Waals surface area contributed by atoms with Crippen LogP contribution in [0.4, 0.5) is 0 Å². The van der Waals surface area contributed by atoms with Crippen molar-refractivity contribution in [3.63, 3.8) is 0 Å². The van der Waals surface area contributed by atoms with Crippen molar-refractivity contribution in [3.8, 4) is 0 Å². The van der Waals surface area contributed by atoms with Crippen molar-refractivity contribution in [2.75, 3.05) is 19.8 Å². The number of hydrogen-bond donors (Lipinski definition) is 4. The number of hydrogen-bond acceptors (Lipinski definition) is 15. The molecule has 2 aliphatic heterocycles. The van der Waals surface area contributed by atoms with Crippen molar-refractivity contribution in [1.29, 1.82) is 0 Å². The largest absolute Gasteiger partial charge is 0.459 e. The van der Waals surface area contributed by atoms with E-state index < -0.39 is 98.5 Å². The molecule has 4 aromatic carbocycles. The molecule has 0 saturated carbocycles. The number of esters is 4. The maximum Gasteiger partial charge on any atom is 0.338 e. The lowest BCUT2D eigenvalue weighted by Crippen LogP contribution is -2.69. The number of aliphatic hydroxyl groups excluding tert-OH is 4. The molecule has 0 amide bonds. The van der Waals surface area contributed by atoms with Gasteiger partial charge in [-0.2, -0.15) is 0 Å². The summed E-state index contributed by atoms with van der Waals surface area (Å²) in [4.78, 5) is 54.3. The Morgan fingerprint density at radius 3 is 1.47 bits per heavy atom. The molecular weight excluding hydrogens is 720 g/mol. The third-order valence-corrected chi connectivity index (χ3v) is 8.94. The second-order valence-electron chi connectivity index (χ2n) is 12.6. The van der Waals surface area contributed by atoms with Crippen molar-refractivity contribution >= 4 is 23.9 Å². The molecule has 0 aromatic heterocycles. The van der Waals surface area contributed by atoms with Gasteiger partial charge in [0.25, 0.3) is 0 Å². The fourth-order valence-corrected chi connectivity index (χ4v) is 5.98. The summed E-state index contributed by atoms with van der Waals surface area (Å²) < 4.78 is 41.3. The summed E-state index contributed by atoms with van der Waals surface area (Å²) >= 11 is 0. The van der Waals surface area contributed by atoms with Crippen LogP contribution >= 0.6 is 0 Å². The number of carbonyl (C=O) groups is 4. The van der Waals surface area contributed by atoms with Crippen LogP contribution in [0.5, 0.6) is 0 Å². The Bertz CT molecular complexity index is 1900. The molecule has 0 bridgehead atoms. The van der Waals surface area contributed by atoms with E-state index in [9.17, 15) is 39.6 Å². The van der Waals surface area contributed by atoms with Crippen LogP contribution in [0.25, 0.3) is 0 Å². The SMILES string of the molecule is O=C(OC[C@H]1O[C@@H](O[C@]2(CO)OC[C@@H](O)[C@@H](O)[C@@H]2O)[C@H](OC(=O)c2ccccc2)[C@@H](OC(=O)c2ccccc2)[C@@H]1OC(=O)c1ccccc1)c1ccccc1. The van der Waals surface area contributed by atoms with Crippen LogP contribution in [0.1, 0.15) is 41.4 Å². The summed E-state index contributed by atoms with van der Waals surface area (Å²) in [6.07, 6.45) is -14.5. The van der Waals surface area contributed by atoms with E-state index in [2.05, 4.69) is 0 Å². The standard InChI is InChI=1S/C40H38O15/c41-23-40(34(44)30(43)28(42)21-50-40)55-39-33(54-38(48)27-19-11-4-12-20-27)32(53-37(47)26-17-9-3-10-18-26)31(52-36(46)25-15-7-2-8-16-25)29(51-39)22-49-35(45)24-13-5-1-6-14-24/h1-20,28-34,39,41-44H,21-23H2/t28-,29-,30-,31-,32+,33-,34+,39+,40+/m1/s1. The van der Waals surface area contributed by atoms with Gasteiger partial charge >= 0.3 is 23.9 Å². The molecule has 4 aromatic rings. The van der Waals surface area contributed by atoms with Gasteiger partial charge in [-0.15, -0.1) is 0 Å². The molecule has 0 spiro atoms. The third kappa shape index (κ3) is 9.07. The molecule has 0 aliphatic carbocycles. The highest BCUT2D eigenvalue weighted by atomic mass is 16.8. The van der Waals surface area contributed by atoms with Crippen molar-refractivity contribution in [2.45, 2.75) is 54.8 Å². The smallest absolute Gasteiger partial charge is 0.338 e. The number of ether oxygens (including phenoxy) is 7. The van der Waals surface area contributed by atoms with Gasteiger partial charge in [0.15, 0.2) is 18.3 Å². The predicted octanol–water partition coefficient (Wildman–Crippen LogP) is 2.06. The molecule has 15 nitrogen and oxygen atoms in total. The number of aliphatic hydroxyl groups is 4. The molecule has 2 heterocycles. The first-order valence-electron chi connectivity index (χ1n) is 17.2. The van der Waals surface area contributed by atoms with Crippen LogP contribution in [0.15, 0.2) is 121 Å². The Morgan fingerprint density at radius 2 is 1.02 bits per heavy atom. The molecule has 55 heavy (non-hydrogen) atoms. The lowest BCUT2D eigenvalue weighted by atomic mass is 9.95. The van der Waals surface area contributed by atoms with E-state index in [-0.39, 0.29) is 22.3 Å². The minimum atomic E-state index is -2.52. The van der Waals surface area contributed by atoms with E-state index in [0.29, 0.717) is 0 Å². The molecular formula is C40H38O15. The van der Waals surface area contributed by atoms with Crippen LogP contribution in [-0.4, -0.2) is 119 Å². The monoisotopic (exact) mass is 758 g/mol. The number of benzene rings is 4. The van der Waals surface area contributed by atoms with Gasteiger partial charge < -0.3 is 53.6 Å². The lowest BCUT2D eigenvalue weighted by Gasteiger charge is -2.49. The van der Waals surface area contributed by atoms with Crippen molar-refractivity contribution in [1.82, 2.24) is 0 Å². The summed E-state index contributed by atoms with van der Waals surface area (Å²) in [5.74, 6) is -6.19. The Kier molecular flexibility index (Phi) is 12.6. The van der Waals surface area contributed by atoms with E-state index in [1.807, 2.05) is 0 Å². The maximum absolute atomic E-state index is 13.8. The van der Waals surface area contributed by atoms with Crippen LogP contribution in [0.2, 0.25) is 0 Å². The molecule has 6 rings (SSSR count). The Hall–Kier alpha value is -5.52. The summed E-state index contributed by atoms with van der Waals surface area (Å²) in [5.41, 5.74) is 0.332. The molecule has 9 atom stereocenters. The first-order chi connectivity index (χ1) is 26.6. The first-order valence-corrected chi connectivity index (χ1v) is 17.2. The van der Waals surface area contributed by atoms with E-state index in [0.717, 1.165) is 0 Å². The molecule has 2 aliphatic rings. The third-order valence-electron chi connectivity index (χ3n) is 8.94. The van der Waals surface area contributed by atoms with Gasteiger partial charge in [-0.05, 0) is 48.5 Å². The van der Waals surface area contributed by atoms with E-state index in [1.54, 1.807) is 72.8 Å². The van der Waals surface area contributed by atoms with Gasteiger partial charge in [-0.1, -0.05) is 72.8 Å². The summed E-state index contributed by atoms with van der Waals surface area (Å²) in [5, 5.41) is 42.3. The van der Waals surface area contributed by atoms with Crippen LogP contribution < -0.4 is 0 Å². The Balaban J connectivity index is 1.45. The average molecular weight is 759 g/mol. The van der Waals surface area contributed by atoms with Crippen LogP contribution in [-0.2, 0) is 33.2 Å². The molecule has 15 heteroatoms. The van der Waals surface area contributed by atoms with Crippen LogP contribution in [0.3, 0.4) is 0 Å². The molecule has 0 unspecified atom stereocenters. The second kappa shape index (κ2) is 17.7. The average Bonchev–Trinajstić information content (AvgIpc) is 3.23. The Labute approximate surface area is 314 Å². The minimum Gasteiger partial charge on any atom is -0.459 e. The van der Waals surface area contributed by atoms with Gasteiger partial charge in [-0.3, -0.25) is 0 Å². The fraction of sp³-hybridized carbons (Fsp3) is 0.300. The summed E-state index contributed by atoms with van der Waals surface area (Å²) in [6, 6.07) is 31.1. The number of carbonyl (C=O) groups excluding carboxylic acids is 4. The molecule has 0 radical (unpaired) electrons. The van der Waals surface area contributed by atoms with Crippen molar-refractivity contribution in [2.24, 2.45) is 0 Å². The normalized spacial score (nSPS) is 27.6. The van der Waals surface area contributed by atoms with Crippen molar-refractivity contribution < 1.29 is 72.8 Å². The highest BCUT2D eigenvalue weighted by Gasteiger charge is 2.59. The fourth-order valence-electron chi connectivity index (χ4n) is 5.98. The second-order valence-corrected chi connectivity index (χ2v) is 12.6. The first kappa shape index (κ1) is 39.2. The van der Waals surface area contributed by atoms with Crippen molar-refractivity contribution in [3.05, 3.63) is 144 Å². The Morgan fingerprint density at radius 1 is 0.600 bits per heavy atom. The molecule has 2 saturated heterocycles. The molecule has 4 N–H and O–H groups in total. The lowest BCUT2D eigenvalue weighted by molar-refractivity contribution is -0.413. The zero-order chi connectivity index (χ0) is 39.0. The predicted molar refractivity (Wildman–Crippen MR) is 187 cm³/mol. The number of rotatable bonds is 12. The van der Waals surface area contributed by atoms with Gasteiger partial charge in [-0.25, -0.2) is 19.2 Å². The zero-order valence-corrected chi connectivity index (χ0v) is 29.1. The van der Waals surface area contributed by atoms with Crippen LogP contribution in [0, 0.1) is 0 Å². The van der Waals surface area contributed by atoms with Gasteiger partial charge in [0.05, 0.1) is 28.9 Å². The maximum atomic E-state index is 13.8. The quantitative estimate of drug-likeness (QED) is 0.120. The molecule has 2 fully saturated rings. The van der Waals surface area contributed by atoms with Gasteiger partial charge in [0, 0.05) is 0 Å². The van der Waals surface area contributed by atoms with E-state index in [1.165, 1.54) is 48.5 Å². The minimum absolute atomic E-state index is 0.0375. The zero-order valence-electron chi connectivity index (χ0n) is 29.1. The van der Waals surface area contributed by atoms with Gasteiger partial charge in [0.2, 0.25) is 12.1 Å². The molecule has 288 valence electrons. The van der Waals surface area contributed by atoms with E-state index in [4.69, 9.17) is 33.2 Å². The highest BCUT2D eigenvalue weighted by Crippen LogP contribution is 2.36.